The lowest BCUT2D eigenvalue weighted by Gasteiger charge is -2.26. The lowest BCUT2D eigenvalue weighted by Crippen LogP contribution is -2.40. The Morgan fingerprint density at radius 3 is 2.44 bits per heavy atom. The number of rotatable bonds is 6. The topological polar surface area (TPSA) is 42.2 Å². The fourth-order valence-corrected chi connectivity index (χ4v) is 1.56. The van der Waals surface area contributed by atoms with E-state index < -0.39 is 0 Å². The summed E-state index contributed by atoms with van der Waals surface area (Å²) in [5, 5.41) is 0. The van der Waals surface area contributed by atoms with Gasteiger partial charge in [0, 0.05) is 31.5 Å². The average molecular weight is 221 g/mol. The lowest BCUT2D eigenvalue weighted by atomic mass is 10.0. The Kier molecular flexibility index (Phi) is 5.43. The maximum absolute atomic E-state index is 6.09. The van der Waals surface area contributed by atoms with Crippen LogP contribution in [0.5, 0.6) is 0 Å². The molecule has 1 aromatic heterocycles. The first-order valence-electron chi connectivity index (χ1n) is 6.00. The minimum absolute atomic E-state index is 0.252. The Morgan fingerprint density at radius 2 is 1.94 bits per heavy atom. The highest BCUT2D eigenvalue weighted by molar-refractivity contribution is 5.09. The zero-order valence-electron chi connectivity index (χ0n) is 10.6. The third-order valence-corrected chi connectivity index (χ3v) is 2.93. The smallest absolute Gasteiger partial charge is 0.0271 e. The molecule has 1 rings (SSSR count). The van der Waals surface area contributed by atoms with Gasteiger partial charge in [0.2, 0.25) is 0 Å². The van der Waals surface area contributed by atoms with E-state index in [9.17, 15) is 0 Å². The molecule has 0 radical (unpaired) electrons. The van der Waals surface area contributed by atoms with Crippen molar-refractivity contribution >= 4 is 0 Å². The minimum atomic E-state index is 0.252. The van der Waals surface area contributed by atoms with Crippen molar-refractivity contribution in [2.45, 2.75) is 33.4 Å². The molecule has 0 aliphatic heterocycles. The Morgan fingerprint density at radius 1 is 1.31 bits per heavy atom. The molecule has 0 spiro atoms. The van der Waals surface area contributed by atoms with Crippen molar-refractivity contribution in [2.75, 3.05) is 13.1 Å². The molecular weight excluding hydrogens is 198 g/mol. The fraction of sp³-hybridized carbons (Fsp3) is 0.615. The summed E-state index contributed by atoms with van der Waals surface area (Å²) in [6.07, 6.45) is 3.68. The van der Waals surface area contributed by atoms with Crippen molar-refractivity contribution in [1.29, 1.82) is 0 Å². The summed E-state index contributed by atoms with van der Waals surface area (Å²) in [5.74, 6) is 0.534. The van der Waals surface area contributed by atoms with Crippen LogP contribution in [-0.4, -0.2) is 29.0 Å². The van der Waals surface area contributed by atoms with Gasteiger partial charge in [-0.15, -0.1) is 0 Å². The van der Waals surface area contributed by atoms with Crippen LogP contribution >= 0.6 is 0 Å². The molecular formula is C13H23N3. The molecule has 0 fully saturated rings. The predicted molar refractivity (Wildman–Crippen MR) is 68.0 cm³/mol. The zero-order valence-corrected chi connectivity index (χ0v) is 10.6. The molecule has 0 bridgehead atoms. The number of hydrogen-bond acceptors (Lipinski definition) is 3. The maximum Gasteiger partial charge on any atom is 0.0271 e. The first-order chi connectivity index (χ1) is 7.63. The summed E-state index contributed by atoms with van der Waals surface area (Å²) in [5.41, 5.74) is 7.39. The van der Waals surface area contributed by atoms with Gasteiger partial charge in [-0.25, -0.2) is 0 Å². The SMILES string of the molecule is CCN(Cc1ccncc1)C[C@@H](N)C(C)C. The number of likely N-dealkylation sites (N-methyl/N-ethyl adjacent to an activating group) is 1. The summed E-state index contributed by atoms with van der Waals surface area (Å²) in [4.78, 5) is 6.40. The van der Waals surface area contributed by atoms with E-state index in [-0.39, 0.29) is 6.04 Å². The van der Waals surface area contributed by atoms with Gasteiger partial charge in [0.25, 0.3) is 0 Å². The second-order valence-electron chi connectivity index (χ2n) is 4.59. The lowest BCUT2D eigenvalue weighted by molar-refractivity contribution is 0.241. The van der Waals surface area contributed by atoms with Gasteiger partial charge < -0.3 is 5.73 Å². The van der Waals surface area contributed by atoms with Crippen molar-refractivity contribution < 1.29 is 0 Å². The van der Waals surface area contributed by atoms with E-state index in [0.29, 0.717) is 5.92 Å². The van der Waals surface area contributed by atoms with Crippen molar-refractivity contribution in [2.24, 2.45) is 11.7 Å². The third kappa shape index (κ3) is 4.29. The predicted octanol–water partition coefficient (Wildman–Crippen LogP) is 1.89. The quantitative estimate of drug-likeness (QED) is 0.797. The largest absolute Gasteiger partial charge is 0.326 e. The van der Waals surface area contributed by atoms with Crippen LogP contribution in [0.3, 0.4) is 0 Å². The number of pyridine rings is 1. The van der Waals surface area contributed by atoms with E-state index in [1.54, 1.807) is 0 Å². The van der Waals surface area contributed by atoms with Crippen LogP contribution in [0, 0.1) is 5.92 Å². The number of hydrogen-bond donors (Lipinski definition) is 1. The second-order valence-corrected chi connectivity index (χ2v) is 4.59. The van der Waals surface area contributed by atoms with Gasteiger partial charge in [-0.1, -0.05) is 20.8 Å². The van der Waals surface area contributed by atoms with E-state index in [2.05, 4.69) is 42.8 Å². The number of aromatic nitrogens is 1. The fourth-order valence-electron chi connectivity index (χ4n) is 1.56. The summed E-state index contributed by atoms with van der Waals surface area (Å²) in [6, 6.07) is 4.37. The number of nitrogens with two attached hydrogens (primary N) is 1. The normalized spacial score (nSPS) is 13.4. The van der Waals surface area contributed by atoms with Crippen molar-refractivity contribution in [3.63, 3.8) is 0 Å². The molecule has 0 saturated heterocycles. The highest BCUT2D eigenvalue weighted by Gasteiger charge is 2.12. The van der Waals surface area contributed by atoms with Gasteiger partial charge in [0.05, 0.1) is 0 Å². The molecule has 1 aromatic rings. The molecule has 3 nitrogen and oxygen atoms in total. The highest BCUT2D eigenvalue weighted by Crippen LogP contribution is 2.06. The maximum atomic E-state index is 6.09. The summed E-state index contributed by atoms with van der Waals surface area (Å²) >= 11 is 0. The van der Waals surface area contributed by atoms with Crippen molar-refractivity contribution in [3.8, 4) is 0 Å². The van der Waals surface area contributed by atoms with Crippen LogP contribution in [0.1, 0.15) is 26.3 Å². The van der Waals surface area contributed by atoms with Crippen LogP contribution in [0.2, 0.25) is 0 Å². The van der Waals surface area contributed by atoms with Crippen molar-refractivity contribution in [3.05, 3.63) is 30.1 Å². The molecule has 16 heavy (non-hydrogen) atoms. The average Bonchev–Trinajstić information content (AvgIpc) is 2.29. The molecule has 2 N–H and O–H groups in total. The first kappa shape index (κ1) is 13.1. The summed E-state index contributed by atoms with van der Waals surface area (Å²) < 4.78 is 0. The zero-order chi connectivity index (χ0) is 12.0. The Hall–Kier alpha value is -0.930. The van der Waals surface area contributed by atoms with Gasteiger partial charge in [-0.2, -0.15) is 0 Å². The molecule has 90 valence electrons. The van der Waals surface area contributed by atoms with Crippen LogP contribution < -0.4 is 5.73 Å². The van der Waals surface area contributed by atoms with Crippen LogP contribution in [0.4, 0.5) is 0 Å². The standard InChI is InChI=1S/C13H23N3/c1-4-16(10-13(14)11(2)3)9-12-5-7-15-8-6-12/h5-8,11,13H,4,9-10,14H2,1-3H3/t13-/m1/s1. The van der Waals surface area contributed by atoms with Gasteiger partial charge in [-0.05, 0) is 30.2 Å². The molecule has 3 heteroatoms. The van der Waals surface area contributed by atoms with E-state index in [1.165, 1.54) is 5.56 Å². The Bertz CT molecular complexity index is 284. The molecule has 0 unspecified atom stereocenters. The Labute approximate surface area is 98.7 Å². The molecule has 1 heterocycles. The van der Waals surface area contributed by atoms with E-state index in [1.807, 2.05) is 12.4 Å². The van der Waals surface area contributed by atoms with Crippen LogP contribution in [0.25, 0.3) is 0 Å². The van der Waals surface area contributed by atoms with E-state index in [4.69, 9.17) is 5.73 Å². The third-order valence-electron chi connectivity index (χ3n) is 2.93. The number of nitrogens with zero attached hydrogens (tertiary/aromatic N) is 2. The highest BCUT2D eigenvalue weighted by atomic mass is 15.1. The van der Waals surface area contributed by atoms with Gasteiger partial charge >= 0.3 is 0 Å². The second kappa shape index (κ2) is 6.61. The van der Waals surface area contributed by atoms with Crippen LogP contribution in [-0.2, 0) is 6.54 Å². The summed E-state index contributed by atoms with van der Waals surface area (Å²) in [6.45, 7) is 9.46. The van der Waals surface area contributed by atoms with Gasteiger partial charge in [0.1, 0.15) is 0 Å². The van der Waals surface area contributed by atoms with Crippen LogP contribution in [0.15, 0.2) is 24.5 Å². The molecule has 1 atom stereocenters. The molecule has 0 amide bonds. The molecule has 0 aliphatic rings. The molecule has 0 aromatic carbocycles. The van der Waals surface area contributed by atoms with Gasteiger partial charge in [0.15, 0.2) is 0 Å². The first-order valence-corrected chi connectivity index (χ1v) is 6.00. The van der Waals surface area contributed by atoms with Gasteiger partial charge in [-0.3, -0.25) is 9.88 Å². The summed E-state index contributed by atoms with van der Waals surface area (Å²) in [7, 11) is 0. The molecule has 0 saturated carbocycles. The molecule has 0 aliphatic carbocycles. The Balaban J connectivity index is 2.49. The van der Waals surface area contributed by atoms with E-state index in [0.717, 1.165) is 19.6 Å². The van der Waals surface area contributed by atoms with E-state index >= 15 is 0 Å². The minimum Gasteiger partial charge on any atom is -0.326 e. The van der Waals surface area contributed by atoms with Crippen molar-refractivity contribution in [1.82, 2.24) is 9.88 Å². The monoisotopic (exact) mass is 221 g/mol.